The average Bonchev–Trinajstić information content (AvgIpc) is 2.44. The Morgan fingerprint density at radius 1 is 1.15 bits per heavy atom. The number of amides is 1. The molecule has 0 saturated heterocycles. The fraction of sp³-hybridized carbons (Fsp3) is 0.0714. The molecule has 0 aliphatic heterocycles. The van der Waals surface area contributed by atoms with Gasteiger partial charge in [0.05, 0.1) is 4.90 Å². The number of carbonyl (C=O) groups is 1. The molecule has 6 heteroatoms. The molecule has 0 spiro atoms. The van der Waals surface area contributed by atoms with Gasteiger partial charge in [-0.3, -0.25) is 4.79 Å². The second-order valence-electron chi connectivity index (χ2n) is 4.01. The van der Waals surface area contributed by atoms with Crippen molar-refractivity contribution < 1.29 is 13.6 Å². The largest absolute Gasteiger partial charge is 0.398 e. The normalized spacial score (nSPS) is 10.3. The van der Waals surface area contributed by atoms with Crippen molar-refractivity contribution in [2.24, 2.45) is 0 Å². The molecule has 0 radical (unpaired) electrons. The van der Waals surface area contributed by atoms with Crippen LogP contribution in [0.4, 0.5) is 14.5 Å². The maximum absolute atomic E-state index is 13.6. The summed E-state index contributed by atoms with van der Waals surface area (Å²) >= 11 is 1.01. The Hall–Kier alpha value is -2.08. The van der Waals surface area contributed by atoms with Crippen molar-refractivity contribution in [1.82, 2.24) is 5.32 Å². The first-order valence-electron chi connectivity index (χ1n) is 5.76. The zero-order chi connectivity index (χ0) is 14.7. The van der Waals surface area contributed by atoms with Gasteiger partial charge in [0.25, 0.3) is 5.91 Å². The van der Waals surface area contributed by atoms with Crippen molar-refractivity contribution in [2.45, 2.75) is 9.79 Å². The van der Waals surface area contributed by atoms with Crippen LogP contribution in [0.25, 0.3) is 0 Å². The third-order valence-electron chi connectivity index (χ3n) is 2.61. The number of nitrogen functional groups attached to an aromatic ring is 1. The fourth-order valence-electron chi connectivity index (χ4n) is 1.60. The van der Waals surface area contributed by atoms with Crippen molar-refractivity contribution in [1.29, 1.82) is 0 Å². The lowest BCUT2D eigenvalue weighted by atomic mass is 10.2. The SMILES string of the molecule is CNC(=O)c1ccc(Sc2cc(F)ccc2F)c(N)c1. The summed E-state index contributed by atoms with van der Waals surface area (Å²) in [6.07, 6.45) is 0. The molecule has 0 bridgehead atoms. The summed E-state index contributed by atoms with van der Waals surface area (Å²) in [6.45, 7) is 0. The number of hydrogen-bond donors (Lipinski definition) is 2. The first-order valence-corrected chi connectivity index (χ1v) is 6.57. The molecule has 0 aliphatic carbocycles. The molecular weight excluding hydrogens is 282 g/mol. The Kier molecular flexibility index (Phi) is 4.24. The summed E-state index contributed by atoms with van der Waals surface area (Å²) in [4.78, 5) is 12.2. The molecule has 1 amide bonds. The first-order chi connectivity index (χ1) is 9.51. The average molecular weight is 294 g/mol. The van der Waals surface area contributed by atoms with Crippen LogP contribution in [0.1, 0.15) is 10.4 Å². The van der Waals surface area contributed by atoms with E-state index in [1.807, 2.05) is 0 Å². The quantitative estimate of drug-likeness (QED) is 0.855. The zero-order valence-corrected chi connectivity index (χ0v) is 11.4. The van der Waals surface area contributed by atoms with Crippen LogP contribution in [-0.2, 0) is 0 Å². The number of rotatable bonds is 3. The van der Waals surface area contributed by atoms with Gasteiger partial charge in [-0.1, -0.05) is 11.8 Å². The van der Waals surface area contributed by atoms with E-state index >= 15 is 0 Å². The van der Waals surface area contributed by atoms with Crippen molar-refractivity contribution >= 4 is 23.4 Å². The molecule has 0 aliphatic rings. The summed E-state index contributed by atoms with van der Waals surface area (Å²) in [5.41, 5.74) is 6.58. The van der Waals surface area contributed by atoms with E-state index in [9.17, 15) is 13.6 Å². The highest BCUT2D eigenvalue weighted by molar-refractivity contribution is 7.99. The maximum atomic E-state index is 13.6. The summed E-state index contributed by atoms with van der Waals surface area (Å²) in [7, 11) is 1.52. The van der Waals surface area contributed by atoms with Gasteiger partial charge in [-0.25, -0.2) is 8.78 Å². The molecular formula is C14H12F2N2OS. The van der Waals surface area contributed by atoms with E-state index in [1.165, 1.54) is 13.1 Å². The van der Waals surface area contributed by atoms with Gasteiger partial charge in [0.2, 0.25) is 0 Å². The fourth-order valence-corrected chi connectivity index (χ4v) is 2.49. The van der Waals surface area contributed by atoms with Crippen LogP contribution in [-0.4, -0.2) is 13.0 Å². The monoisotopic (exact) mass is 294 g/mol. The van der Waals surface area contributed by atoms with Gasteiger partial charge >= 0.3 is 0 Å². The van der Waals surface area contributed by atoms with Crippen molar-refractivity contribution in [3.05, 3.63) is 53.6 Å². The van der Waals surface area contributed by atoms with Crippen LogP contribution >= 0.6 is 11.8 Å². The van der Waals surface area contributed by atoms with E-state index in [4.69, 9.17) is 5.73 Å². The van der Waals surface area contributed by atoms with Crippen molar-refractivity contribution in [3.63, 3.8) is 0 Å². The molecule has 104 valence electrons. The molecule has 0 fully saturated rings. The predicted molar refractivity (Wildman–Crippen MR) is 74.7 cm³/mol. The lowest BCUT2D eigenvalue weighted by Crippen LogP contribution is -2.17. The topological polar surface area (TPSA) is 55.1 Å². The number of anilines is 1. The van der Waals surface area contributed by atoms with Crippen LogP contribution < -0.4 is 11.1 Å². The Bertz CT molecular complexity index is 662. The second-order valence-corrected chi connectivity index (χ2v) is 5.09. The molecule has 20 heavy (non-hydrogen) atoms. The van der Waals surface area contributed by atoms with Gasteiger partial charge in [-0.2, -0.15) is 0 Å². The third kappa shape index (κ3) is 3.08. The molecule has 2 rings (SSSR count). The summed E-state index contributed by atoms with van der Waals surface area (Å²) in [5.74, 6) is -1.30. The van der Waals surface area contributed by atoms with Crippen LogP contribution in [0.15, 0.2) is 46.2 Å². The summed E-state index contributed by atoms with van der Waals surface area (Å²) < 4.78 is 26.7. The smallest absolute Gasteiger partial charge is 0.251 e. The van der Waals surface area contributed by atoms with Crippen LogP contribution in [0.3, 0.4) is 0 Å². The minimum atomic E-state index is -0.522. The van der Waals surface area contributed by atoms with E-state index in [1.54, 1.807) is 12.1 Å². The number of halogens is 2. The Balaban J connectivity index is 2.30. The second kappa shape index (κ2) is 5.92. The number of nitrogens with one attached hydrogen (secondary N) is 1. The molecule has 0 atom stereocenters. The number of benzene rings is 2. The zero-order valence-electron chi connectivity index (χ0n) is 10.6. The molecule has 0 unspecified atom stereocenters. The lowest BCUT2D eigenvalue weighted by Gasteiger charge is -2.08. The molecule has 0 saturated carbocycles. The Morgan fingerprint density at radius 2 is 1.90 bits per heavy atom. The lowest BCUT2D eigenvalue weighted by molar-refractivity contribution is 0.0963. The van der Waals surface area contributed by atoms with E-state index < -0.39 is 11.6 Å². The minimum absolute atomic E-state index is 0.143. The van der Waals surface area contributed by atoms with E-state index in [2.05, 4.69) is 5.32 Å². The molecule has 0 heterocycles. The van der Waals surface area contributed by atoms with Gasteiger partial charge < -0.3 is 11.1 Å². The highest BCUT2D eigenvalue weighted by Crippen LogP contribution is 2.34. The van der Waals surface area contributed by atoms with E-state index in [0.29, 0.717) is 16.1 Å². The predicted octanol–water partition coefficient (Wildman–Crippen LogP) is 3.06. The first kappa shape index (κ1) is 14.3. The maximum Gasteiger partial charge on any atom is 0.251 e. The standard InChI is InChI=1S/C14H12F2N2OS/c1-18-14(19)8-2-5-12(11(17)6-8)20-13-7-9(15)3-4-10(13)16/h2-7H,17H2,1H3,(H,18,19). The number of hydrogen-bond acceptors (Lipinski definition) is 3. The van der Waals surface area contributed by atoms with Gasteiger partial charge in [-0.05, 0) is 36.4 Å². The molecule has 3 nitrogen and oxygen atoms in total. The van der Waals surface area contributed by atoms with E-state index in [-0.39, 0.29) is 10.8 Å². The molecule has 2 aromatic rings. The van der Waals surface area contributed by atoms with Gasteiger partial charge in [0, 0.05) is 23.2 Å². The minimum Gasteiger partial charge on any atom is -0.398 e. The van der Waals surface area contributed by atoms with Gasteiger partial charge in [0.15, 0.2) is 0 Å². The van der Waals surface area contributed by atoms with Crippen LogP contribution in [0.5, 0.6) is 0 Å². The summed E-state index contributed by atoms with van der Waals surface area (Å²) in [6, 6.07) is 7.90. The number of nitrogens with two attached hydrogens (primary N) is 1. The highest BCUT2D eigenvalue weighted by Gasteiger charge is 2.10. The summed E-state index contributed by atoms with van der Waals surface area (Å²) in [5, 5.41) is 2.48. The van der Waals surface area contributed by atoms with E-state index in [0.717, 1.165) is 30.0 Å². The molecule has 2 aromatic carbocycles. The van der Waals surface area contributed by atoms with Gasteiger partial charge in [-0.15, -0.1) is 0 Å². The Morgan fingerprint density at radius 3 is 2.55 bits per heavy atom. The van der Waals surface area contributed by atoms with Gasteiger partial charge in [0.1, 0.15) is 11.6 Å². The number of carbonyl (C=O) groups excluding carboxylic acids is 1. The Labute approximate surface area is 119 Å². The third-order valence-corrected chi connectivity index (χ3v) is 3.74. The highest BCUT2D eigenvalue weighted by atomic mass is 32.2. The molecule has 0 aromatic heterocycles. The molecule has 3 N–H and O–H groups in total. The van der Waals surface area contributed by atoms with Crippen molar-refractivity contribution in [2.75, 3.05) is 12.8 Å². The van der Waals surface area contributed by atoms with Crippen LogP contribution in [0, 0.1) is 11.6 Å². The van der Waals surface area contributed by atoms with Crippen molar-refractivity contribution in [3.8, 4) is 0 Å². The van der Waals surface area contributed by atoms with Crippen LogP contribution in [0.2, 0.25) is 0 Å².